The highest BCUT2D eigenvalue weighted by atomic mass is 32.2. The van der Waals surface area contributed by atoms with Crippen molar-refractivity contribution in [1.29, 1.82) is 0 Å². The Morgan fingerprint density at radius 3 is 2.58 bits per heavy atom. The molecule has 1 unspecified atom stereocenters. The van der Waals surface area contributed by atoms with Crippen LogP contribution in [-0.4, -0.2) is 46.3 Å². The van der Waals surface area contributed by atoms with Crippen LogP contribution < -0.4 is 5.32 Å². The van der Waals surface area contributed by atoms with Crippen molar-refractivity contribution in [3.05, 3.63) is 66.4 Å². The van der Waals surface area contributed by atoms with Gasteiger partial charge in [-0.3, -0.25) is 9.36 Å². The van der Waals surface area contributed by atoms with E-state index < -0.39 is 10.0 Å². The first-order valence-electron chi connectivity index (χ1n) is 10.2. The summed E-state index contributed by atoms with van der Waals surface area (Å²) >= 11 is 0. The van der Waals surface area contributed by atoms with Crippen molar-refractivity contribution < 1.29 is 13.2 Å². The summed E-state index contributed by atoms with van der Waals surface area (Å²) in [4.78, 5) is 21.0. The second kappa shape index (κ2) is 8.60. The summed E-state index contributed by atoms with van der Waals surface area (Å²) < 4.78 is 28.9. The van der Waals surface area contributed by atoms with E-state index in [9.17, 15) is 13.2 Å². The number of pyridine rings is 1. The second-order valence-corrected chi connectivity index (χ2v) is 9.89. The Kier molecular flexibility index (Phi) is 5.88. The fraction of sp³-hybridized carbons (Fsp3) is 0.318. The van der Waals surface area contributed by atoms with Gasteiger partial charge in [0.2, 0.25) is 10.0 Å². The first-order valence-corrected chi connectivity index (χ1v) is 11.7. The lowest BCUT2D eigenvalue weighted by Crippen LogP contribution is -2.39. The quantitative estimate of drug-likeness (QED) is 0.658. The van der Waals surface area contributed by atoms with Crippen molar-refractivity contribution in [2.75, 3.05) is 18.4 Å². The Morgan fingerprint density at radius 1 is 1.13 bits per heavy atom. The molecule has 3 heterocycles. The third-order valence-electron chi connectivity index (χ3n) is 5.37. The molecule has 9 heteroatoms. The average molecular weight is 440 g/mol. The highest BCUT2D eigenvalue weighted by molar-refractivity contribution is 7.89. The molecule has 31 heavy (non-hydrogen) atoms. The van der Waals surface area contributed by atoms with Gasteiger partial charge in [0.05, 0.1) is 0 Å². The molecule has 0 radical (unpaired) electrons. The van der Waals surface area contributed by atoms with E-state index >= 15 is 0 Å². The van der Waals surface area contributed by atoms with Crippen LogP contribution in [0.4, 0.5) is 5.69 Å². The first-order chi connectivity index (χ1) is 14.8. The molecule has 1 saturated heterocycles. The van der Waals surface area contributed by atoms with Gasteiger partial charge in [0.15, 0.2) is 0 Å². The number of carbonyl (C=O) groups excluding carboxylic acids is 1. The van der Waals surface area contributed by atoms with E-state index in [4.69, 9.17) is 0 Å². The van der Waals surface area contributed by atoms with Gasteiger partial charge in [-0.15, -0.1) is 0 Å². The highest BCUT2D eigenvalue weighted by Crippen LogP contribution is 2.23. The van der Waals surface area contributed by atoms with E-state index in [1.807, 2.05) is 31.2 Å². The van der Waals surface area contributed by atoms with E-state index in [2.05, 4.69) is 22.2 Å². The number of aryl methyl sites for hydroxylation is 1. The van der Waals surface area contributed by atoms with E-state index in [1.54, 1.807) is 22.9 Å². The summed E-state index contributed by atoms with van der Waals surface area (Å²) in [5.41, 5.74) is 2.03. The Morgan fingerprint density at radius 2 is 1.90 bits per heavy atom. The van der Waals surface area contributed by atoms with Crippen LogP contribution in [0.3, 0.4) is 0 Å². The topological polar surface area (TPSA) is 97.2 Å². The number of nitrogens with zero attached hydrogens (tertiary/aromatic N) is 4. The van der Waals surface area contributed by atoms with Crippen molar-refractivity contribution >= 4 is 21.6 Å². The number of sulfonamides is 1. The van der Waals surface area contributed by atoms with Crippen LogP contribution in [-0.2, 0) is 10.0 Å². The zero-order valence-corrected chi connectivity index (χ0v) is 18.3. The SMILES string of the molecule is Cc1ccc(NC(=O)c2cn(-c3ccc(S(=O)(=O)N4CCCC(C)C4)cn3)cn2)cc1. The number of anilines is 1. The summed E-state index contributed by atoms with van der Waals surface area (Å²) in [6.07, 6.45) is 6.31. The van der Waals surface area contributed by atoms with Gasteiger partial charge in [0.25, 0.3) is 5.91 Å². The molecule has 1 fully saturated rings. The molecule has 4 rings (SSSR count). The van der Waals surface area contributed by atoms with E-state index in [-0.39, 0.29) is 16.5 Å². The molecular weight excluding hydrogens is 414 g/mol. The largest absolute Gasteiger partial charge is 0.321 e. The maximum Gasteiger partial charge on any atom is 0.275 e. The molecule has 0 saturated carbocycles. The molecule has 3 aromatic rings. The fourth-order valence-electron chi connectivity index (χ4n) is 3.59. The van der Waals surface area contributed by atoms with Crippen molar-refractivity contribution in [3.63, 3.8) is 0 Å². The summed E-state index contributed by atoms with van der Waals surface area (Å²) in [6.45, 7) is 5.11. The summed E-state index contributed by atoms with van der Waals surface area (Å²) in [7, 11) is -3.56. The lowest BCUT2D eigenvalue weighted by Gasteiger charge is -2.29. The van der Waals surface area contributed by atoms with Crippen LogP contribution in [0.25, 0.3) is 5.82 Å². The van der Waals surface area contributed by atoms with E-state index in [0.29, 0.717) is 30.5 Å². The number of carbonyl (C=O) groups is 1. The van der Waals surface area contributed by atoms with Gasteiger partial charge in [-0.1, -0.05) is 24.6 Å². The summed E-state index contributed by atoms with van der Waals surface area (Å²) in [5.74, 6) is 0.500. The molecular formula is C22H25N5O3S. The minimum Gasteiger partial charge on any atom is -0.321 e. The number of imidazole rings is 1. The third kappa shape index (κ3) is 4.67. The van der Waals surface area contributed by atoms with Gasteiger partial charge in [-0.2, -0.15) is 4.31 Å². The Balaban J connectivity index is 1.48. The van der Waals surface area contributed by atoms with Gasteiger partial charge in [0.1, 0.15) is 22.7 Å². The fourth-order valence-corrected chi connectivity index (χ4v) is 5.13. The molecule has 1 N–H and O–H groups in total. The molecule has 0 aliphatic carbocycles. The maximum atomic E-state index is 12.9. The number of amides is 1. The maximum absolute atomic E-state index is 12.9. The standard InChI is InChI=1S/C22H25N5O3S/c1-16-5-7-18(8-6-16)25-22(28)20-14-26(15-24-20)21-10-9-19(12-23-21)31(29,30)27-11-3-4-17(2)13-27/h5-10,12,14-15,17H,3-4,11,13H2,1-2H3,(H,25,28). The molecule has 0 bridgehead atoms. The van der Waals surface area contributed by atoms with Crippen LogP contribution in [0.5, 0.6) is 0 Å². The predicted octanol–water partition coefficient (Wildman–Crippen LogP) is 3.25. The number of hydrogen-bond donors (Lipinski definition) is 1. The number of hydrogen-bond acceptors (Lipinski definition) is 5. The summed E-state index contributed by atoms with van der Waals surface area (Å²) in [6, 6.07) is 10.6. The molecule has 1 aliphatic heterocycles. The van der Waals surface area contributed by atoms with Crippen molar-refractivity contribution in [1.82, 2.24) is 18.8 Å². The number of benzene rings is 1. The lowest BCUT2D eigenvalue weighted by molar-refractivity contribution is 0.102. The van der Waals surface area contributed by atoms with Crippen LogP contribution >= 0.6 is 0 Å². The zero-order chi connectivity index (χ0) is 22.0. The smallest absolute Gasteiger partial charge is 0.275 e. The first kappa shape index (κ1) is 21.2. The van der Waals surface area contributed by atoms with Crippen LogP contribution in [0.2, 0.25) is 0 Å². The number of nitrogens with one attached hydrogen (secondary N) is 1. The average Bonchev–Trinajstić information content (AvgIpc) is 3.26. The number of aromatic nitrogens is 3. The minimum absolute atomic E-state index is 0.169. The molecule has 2 aromatic heterocycles. The van der Waals surface area contributed by atoms with E-state index in [0.717, 1.165) is 18.4 Å². The highest BCUT2D eigenvalue weighted by Gasteiger charge is 2.28. The van der Waals surface area contributed by atoms with Crippen LogP contribution in [0.1, 0.15) is 35.8 Å². The monoisotopic (exact) mass is 439 g/mol. The molecule has 1 atom stereocenters. The van der Waals surface area contributed by atoms with Gasteiger partial charge in [0, 0.05) is 31.2 Å². The van der Waals surface area contributed by atoms with E-state index in [1.165, 1.54) is 16.8 Å². The van der Waals surface area contributed by atoms with Gasteiger partial charge >= 0.3 is 0 Å². The Bertz CT molecular complexity index is 1170. The molecule has 0 spiro atoms. The Hall–Kier alpha value is -3.04. The normalized spacial score (nSPS) is 17.4. The van der Waals surface area contributed by atoms with Crippen LogP contribution in [0, 0.1) is 12.8 Å². The minimum atomic E-state index is -3.56. The number of rotatable bonds is 5. The van der Waals surface area contributed by atoms with Crippen molar-refractivity contribution in [2.45, 2.75) is 31.6 Å². The molecule has 1 aromatic carbocycles. The predicted molar refractivity (Wildman–Crippen MR) is 118 cm³/mol. The Labute approximate surface area is 182 Å². The lowest BCUT2D eigenvalue weighted by atomic mass is 10.0. The number of piperidine rings is 1. The molecule has 162 valence electrons. The molecule has 1 amide bonds. The summed E-state index contributed by atoms with van der Waals surface area (Å²) in [5, 5.41) is 2.80. The zero-order valence-electron chi connectivity index (χ0n) is 17.5. The molecule has 8 nitrogen and oxygen atoms in total. The van der Waals surface area contributed by atoms with Gasteiger partial charge < -0.3 is 5.32 Å². The van der Waals surface area contributed by atoms with Crippen LogP contribution in [0.15, 0.2) is 60.0 Å². The van der Waals surface area contributed by atoms with Gasteiger partial charge in [-0.05, 0) is 49.9 Å². The second-order valence-electron chi connectivity index (χ2n) is 7.95. The molecule has 1 aliphatic rings. The van der Waals surface area contributed by atoms with Gasteiger partial charge in [-0.25, -0.2) is 18.4 Å². The third-order valence-corrected chi connectivity index (χ3v) is 7.22. The van der Waals surface area contributed by atoms with Crippen molar-refractivity contribution in [3.8, 4) is 5.82 Å². The van der Waals surface area contributed by atoms with Crippen molar-refractivity contribution in [2.24, 2.45) is 5.92 Å².